The molecule has 0 amide bonds. The summed E-state index contributed by atoms with van der Waals surface area (Å²) in [5.41, 5.74) is 0. The summed E-state index contributed by atoms with van der Waals surface area (Å²) in [6, 6.07) is 12.0. The Kier molecular flexibility index (Phi) is 15.8. The first-order chi connectivity index (χ1) is 9.00. The van der Waals surface area contributed by atoms with E-state index in [1.807, 2.05) is 36.4 Å². The zero-order valence-corrected chi connectivity index (χ0v) is 14.0. The summed E-state index contributed by atoms with van der Waals surface area (Å²) in [5.74, 6) is 0. The van der Waals surface area contributed by atoms with Crippen LogP contribution in [0.1, 0.15) is 25.7 Å². The molecule has 0 N–H and O–H groups in total. The van der Waals surface area contributed by atoms with Crippen molar-refractivity contribution in [2.75, 3.05) is 6.26 Å². The van der Waals surface area contributed by atoms with E-state index in [4.69, 9.17) is 13.0 Å². The molecule has 0 spiro atoms. The molecule has 0 fully saturated rings. The summed E-state index contributed by atoms with van der Waals surface area (Å²) in [7, 11) is -3.92. The van der Waals surface area contributed by atoms with Crippen LogP contribution >= 0.6 is 0 Å². The molecule has 3 nitrogen and oxygen atoms in total. The maximum absolute atomic E-state index is 9.08. The van der Waals surface area contributed by atoms with Gasteiger partial charge >= 0.3 is 0 Å². The van der Waals surface area contributed by atoms with Gasteiger partial charge in [-0.3, -0.25) is 0 Å². The molecule has 0 aromatic heterocycles. The SMILES string of the molecule is C1=CCCCCC=C1.CS(=O)(=O)[O-].[Rh].c1ccccc1. The van der Waals surface area contributed by atoms with Crippen molar-refractivity contribution >= 4 is 10.1 Å². The molecular formula is C15H21O3RhS-. The van der Waals surface area contributed by atoms with Crippen LogP contribution < -0.4 is 0 Å². The summed E-state index contributed by atoms with van der Waals surface area (Å²) >= 11 is 0. The second-order valence-electron chi connectivity index (χ2n) is 4.00. The second-order valence-corrected chi connectivity index (χ2v) is 5.41. The van der Waals surface area contributed by atoms with Gasteiger partial charge in [-0.05, 0) is 25.7 Å². The minimum Gasteiger partial charge on any atom is -0.748 e. The number of allylic oxidation sites excluding steroid dienone is 4. The van der Waals surface area contributed by atoms with Gasteiger partial charge in [0, 0.05) is 25.7 Å². The van der Waals surface area contributed by atoms with Crippen molar-refractivity contribution < 1.29 is 32.4 Å². The molecule has 0 atom stereocenters. The van der Waals surface area contributed by atoms with Crippen LogP contribution in [0.15, 0.2) is 60.7 Å². The average Bonchev–Trinajstić information content (AvgIpc) is 2.29. The van der Waals surface area contributed by atoms with Crippen molar-refractivity contribution in [1.29, 1.82) is 0 Å². The fraction of sp³-hybridized carbons (Fsp3) is 0.333. The number of rotatable bonds is 0. The van der Waals surface area contributed by atoms with Crippen molar-refractivity contribution in [3.8, 4) is 0 Å². The van der Waals surface area contributed by atoms with E-state index in [0.717, 1.165) is 0 Å². The Labute approximate surface area is 135 Å². The van der Waals surface area contributed by atoms with Gasteiger partial charge in [-0.15, -0.1) is 0 Å². The van der Waals surface area contributed by atoms with E-state index in [1.165, 1.54) is 25.7 Å². The number of hydrogen-bond donors (Lipinski definition) is 0. The van der Waals surface area contributed by atoms with Gasteiger partial charge in [-0.1, -0.05) is 60.7 Å². The molecule has 0 saturated carbocycles. The third-order valence-electron chi connectivity index (χ3n) is 2.04. The smallest absolute Gasteiger partial charge is 0.0916 e. The molecular weight excluding hydrogens is 363 g/mol. The Morgan fingerprint density at radius 2 is 1.05 bits per heavy atom. The largest absolute Gasteiger partial charge is 0.748 e. The Bertz CT molecular complexity index is 405. The topological polar surface area (TPSA) is 57.2 Å². The Hall–Kier alpha value is -0.767. The van der Waals surface area contributed by atoms with Gasteiger partial charge in [0.25, 0.3) is 0 Å². The fourth-order valence-corrected chi connectivity index (χ4v) is 1.26. The quantitative estimate of drug-likeness (QED) is 0.508. The van der Waals surface area contributed by atoms with Gasteiger partial charge in [0.1, 0.15) is 0 Å². The van der Waals surface area contributed by atoms with Gasteiger partial charge in [0.05, 0.1) is 10.1 Å². The summed E-state index contributed by atoms with van der Waals surface area (Å²) in [6.07, 6.45) is 14.6. The first-order valence-corrected chi connectivity index (χ1v) is 8.04. The van der Waals surface area contributed by atoms with Crippen molar-refractivity contribution in [3.05, 3.63) is 60.7 Å². The van der Waals surface area contributed by atoms with Crippen LogP contribution in [0.25, 0.3) is 0 Å². The first-order valence-electron chi connectivity index (χ1n) is 6.22. The minimum absolute atomic E-state index is 0. The monoisotopic (exact) mass is 384 g/mol. The molecule has 0 aliphatic heterocycles. The molecule has 0 heterocycles. The summed E-state index contributed by atoms with van der Waals surface area (Å²) in [4.78, 5) is 0. The predicted octanol–water partition coefficient (Wildman–Crippen LogP) is 3.52. The Morgan fingerprint density at radius 3 is 1.30 bits per heavy atom. The van der Waals surface area contributed by atoms with E-state index in [0.29, 0.717) is 6.26 Å². The molecule has 1 aromatic carbocycles. The van der Waals surface area contributed by atoms with E-state index in [1.54, 1.807) is 0 Å². The molecule has 0 bridgehead atoms. The standard InChI is InChI=1S/C8H12.C6H6.CH4O3S.Rh/c1-2-4-6-8-7-5-3-1;1-2-4-6-5-3-1;1-5(2,3)4;/h1-4H,5-8H2;1-6H;1H3,(H,2,3,4);/p-1. The van der Waals surface area contributed by atoms with E-state index >= 15 is 0 Å². The van der Waals surface area contributed by atoms with Gasteiger partial charge in [0.15, 0.2) is 0 Å². The Morgan fingerprint density at radius 1 is 0.800 bits per heavy atom. The van der Waals surface area contributed by atoms with E-state index in [2.05, 4.69) is 24.3 Å². The van der Waals surface area contributed by atoms with E-state index in [9.17, 15) is 0 Å². The van der Waals surface area contributed by atoms with Crippen molar-refractivity contribution in [2.24, 2.45) is 0 Å². The zero-order valence-electron chi connectivity index (χ0n) is 11.6. The molecule has 1 aliphatic rings. The van der Waals surface area contributed by atoms with Crippen molar-refractivity contribution in [1.82, 2.24) is 0 Å². The van der Waals surface area contributed by atoms with Crippen LogP contribution in [0.2, 0.25) is 0 Å². The molecule has 5 heteroatoms. The fourth-order valence-electron chi connectivity index (χ4n) is 1.26. The first kappa shape index (κ1) is 21.5. The van der Waals surface area contributed by atoms with Gasteiger partial charge in [-0.2, -0.15) is 0 Å². The zero-order chi connectivity index (χ0) is 14.4. The summed E-state index contributed by atoms with van der Waals surface area (Å²) in [5, 5.41) is 0. The van der Waals surface area contributed by atoms with E-state index < -0.39 is 10.1 Å². The third kappa shape index (κ3) is 25.9. The Balaban J connectivity index is 0. The van der Waals surface area contributed by atoms with E-state index in [-0.39, 0.29) is 19.5 Å². The summed E-state index contributed by atoms with van der Waals surface area (Å²) < 4.78 is 27.2. The molecule has 1 aliphatic carbocycles. The molecule has 1 aromatic rings. The maximum atomic E-state index is 9.08. The molecule has 0 saturated heterocycles. The molecule has 20 heavy (non-hydrogen) atoms. The van der Waals surface area contributed by atoms with Gasteiger partial charge in [-0.25, -0.2) is 8.42 Å². The van der Waals surface area contributed by atoms with Crippen LogP contribution in [0.5, 0.6) is 0 Å². The van der Waals surface area contributed by atoms with Gasteiger partial charge < -0.3 is 4.55 Å². The van der Waals surface area contributed by atoms with Crippen LogP contribution in [0.4, 0.5) is 0 Å². The van der Waals surface area contributed by atoms with Crippen molar-refractivity contribution in [3.63, 3.8) is 0 Å². The second kappa shape index (κ2) is 14.6. The predicted molar refractivity (Wildman–Crippen MR) is 78.8 cm³/mol. The van der Waals surface area contributed by atoms with Crippen LogP contribution in [-0.2, 0) is 29.6 Å². The number of benzene rings is 1. The maximum Gasteiger partial charge on any atom is 0.0916 e. The number of hydrogen-bond acceptors (Lipinski definition) is 3. The normalized spacial score (nSPS) is 13.3. The molecule has 115 valence electrons. The average molecular weight is 384 g/mol. The van der Waals surface area contributed by atoms with Crippen molar-refractivity contribution in [2.45, 2.75) is 25.7 Å². The summed E-state index contributed by atoms with van der Waals surface area (Å²) in [6.45, 7) is 0. The molecule has 1 radical (unpaired) electrons. The van der Waals surface area contributed by atoms with Crippen LogP contribution in [0, 0.1) is 0 Å². The molecule has 2 rings (SSSR count). The van der Waals surface area contributed by atoms with Crippen LogP contribution in [-0.4, -0.2) is 19.2 Å². The third-order valence-corrected chi connectivity index (χ3v) is 2.04. The van der Waals surface area contributed by atoms with Gasteiger partial charge in [0.2, 0.25) is 0 Å². The minimum atomic E-state index is -3.92. The van der Waals surface area contributed by atoms with Crippen LogP contribution in [0.3, 0.4) is 0 Å². The molecule has 0 unspecified atom stereocenters.